The molecular weight excluding hydrogens is 270 g/mol. The lowest BCUT2D eigenvalue weighted by atomic mass is 10.3. The molecule has 1 aromatic rings. The summed E-state index contributed by atoms with van der Waals surface area (Å²) in [5.41, 5.74) is 3.16. The molecule has 0 radical (unpaired) electrons. The van der Waals surface area contributed by atoms with Crippen LogP contribution in [0.15, 0.2) is 18.3 Å². The quantitative estimate of drug-likeness (QED) is 0.378. The third kappa shape index (κ3) is 5.20. The van der Waals surface area contributed by atoms with Gasteiger partial charge in [0.2, 0.25) is 10.0 Å². The Hall–Kier alpha value is -1.71. The third-order valence-electron chi connectivity index (χ3n) is 2.18. The van der Waals surface area contributed by atoms with Crippen LogP contribution >= 0.6 is 0 Å². The largest absolute Gasteiger partial charge is 0.350 e. The molecule has 0 spiro atoms. The zero-order valence-corrected chi connectivity index (χ0v) is 11.3. The van der Waals surface area contributed by atoms with Crippen molar-refractivity contribution in [3.8, 4) is 0 Å². The monoisotopic (exact) mass is 287 g/mol. The lowest BCUT2D eigenvalue weighted by Crippen LogP contribution is -2.34. The third-order valence-corrected chi connectivity index (χ3v) is 3.65. The van der Waals surface area contributed by atoms with Crippen LogP contribution < -0.4 is 21.3 Å². The van der Waals surface area contributed by atoms with Crippen LogP contribution in [0.1, 0.15) is 17.4 Å². The van der Waals surface area contributed by atoms with Gasteiger partial charge in [-0.1, -0.05) is 6.92 Å². The van der Waals surface area contributed by atoms with Crippen LogP contribution in [0.5, 0.6) is 0 Å². The summed E-state index contributed by atoms with van der Waals surface area (Å²) >= 11 is 0. The molecule has 106 valence electrons. The maximum atomic E-state index is 11.6. The van der Waals surface area contributed by atoms with E-state index in [1.807, 2.05) is 0 Å². The number of nitrogens with one attached hydrogen (secondary N) is 3. The van der Waals surface area contributed by atoms with Gasteiger partial charge in [0.1, 0.15) is 5.69 Å². The van der Waals surface area contributed by atoms with Gasteiger partial charge in [-0.3, -0.25) is 10.6 Å². The molecule has 19 heavy (non-hydrogen) atoms. The molecule has 0 aliphatic rings. The summed E-state index contributed by atoms with van der Waals surface area (Å²) in [6, 6.07) is 3.08. The van der Waals surface area contributed by atoms with Crippen LogP contribution in [-0.2, 0) is 10.0 Å². The smallest absolute Gasteiger partial charge is 0.269 e. The van der Waals surface area contributed by atoms with E-state index in [0.29, 0.717) is 12.2 Å². The van der Waals surface area contributed by atoms with Gasteiger partial charge < -0.3 is 10.7 Å². The Morgan fingerprint density at radius 2 is 2.16 bits per heavy atom. The number of anilines is 1. The molecule has 8 nitrogen and oxygen atoms in total. The number of amides is 1. The van der Waals surface area contributed by atoms with Crippen LogP contribution in [0, 0.1) is 0 Å². The number of nitrogens with zero attached hydrogens (tertiary/aromatic N) is 1. The van der Waals surface area contributed by atoms with Crippen molar-refractivity contribution in [2.24, 2.45) is 5.84 Å². The van der Waals surface area contributed by atoms with Crippen LogP contribution in [0.2, 0.25) is 0 Å². The SMILES string of the molecule is CCNS(=O)(=O)CCNC(=O)c1ccc(NN)cn1. The summed E-state index contributed by atoms with van der Waals surface area (Å²) in [5, 5.41) is 2.48. The maximum absolute atomic E-state index is 11.6. The fraction of sp³-hybridized carbons (Fsp3) is 0.400. The molecule has 0 fully saturated rings. The number of hydrogen-bond acceptors (Lipinski definition) is 6. The van der Waals surface area contributed by atoms with Crippen LogP contribution in [0.3, 0.4) is 0 Å². The van der Waals surface area contributed by atoms with Gasteiger partial charge in [-0.15, -0.1) is 0 Å². The molecule has 5 N–H and O–H groups in total. The molecular formula is C10H17N5O3S. The van der Waals surface area contributed by atoms with Gasteiger partial charge in [0, 0.05) is 13.1 Å². The summed E-state index contributed by atoms with van der Waals surface area (Å²) in [7, 11) is -3.33. The molecule has 1 aromatic heterocycles. The number of rotatable bonds is 7. The number of aromatic nitrogens is 1. The Labute approximate surface area is 111 Å². The fourth-order valence-electron chi connectivity index (χ4n) is 1.30. The van der Waals surface area contributed by atoms with Crippen molar-refractivity contribution in [1.29, 1.82) is 0 Å². The Morgan fingerprint density at radius 3 is 2.68 bits per heavy atom. The molecule has 0 saturated heterocycles. The molecule has 0 saturated carbocycles. The minimum atomic E-state index is -3.33. The number of hydrogen-bond donors (Lipinski definition) is 4. The van der Waals surface area contributed by atoms with E-state index in [9.17, 15) is 13.2 Å². The molecule has 0 aliphatic carbocycles. The number of hydrazine groups is 1. The maximum Gasteiger partial charge on any atom is 0.269 e. The van der Waals surface area contributed by atoms with Gasteiger partial charge in [-0.25, -0.2) is 18.1 Å². The van der Waals surface area contributed by atoms with Crippen molar-refractivity contribution >= 4 is 21.6 Å². The van der Waals surface area contributed by atoms with Crippen molar-refractivity contribution in [2.75, 3.05) is 24.3 Å². The topological polar surface area (TPSA) is 126 Å². The summed E-state index contributed by atoms with van der Waals surface area (Å²) in [5.74, 6) is 4.56. The van der Waals surface area contributed by atoms with E-state index in [4.69, 9.17) is 5.84 Å². The van der Waals surface area contributed by atoms with Gasteiger partial charge in [0.25, 0.3) is 5.91 Å². The minimum Gasteiger partial charge on any atom is -0.350 e. The first-order valence-corrected chi connectivity index (χ1v) is 7.32. The van der Waals surface area contributed by atoms with Gasteiger partial charge in [0.15, 0.2) is 0 Å². The first-order valence-electron chi connectivity index (χ1n) is 5.66. The summed E-state index contributed by atoms with van der Waals surface area (Å²) < 4.78 is 25.0. The average Bonchev–Trinajstić information content (AvgIpc) is 2.38. The van der Waals surface area contributed by atoms with E-state index >= 15 is 0 Å². The van der Waals surface area contributed by atoms with Gasteiger partial charge >= 0.3 is 0 Å². The van der Waals surface area contributed by atoms with E-state index in [0.717, 1.165) is 0 Å². The molecule has 0 aliphatic heterocycles. The molecule has 9 heteroatoms. The summed E-state index contributed by atoms with van der Waals surface area (Å²) in [6.07, 6.45) is 1.41. The van der Waals surface area contributed by atoms with E-state index in [-0.39, 0.29) is 18.0 Å². The highest BCUT2D eigenvalue weighted by Crippen LogP contribution is 2.03. The standard InChI is InChI=1S/C10H17N5O3S/c1-2-14-19(17,18)6-5-12-10(16)9-4-3-8(15-11)7-13-9/h3-4,7,14-15H,2,5-6,11H2,1H3,(H,12,16). The molecule has 1 heterocycles. The number of sulfonamides is 1. The molecule has 1 rings (SSSR count). The first-order chi connectivity index (χ1) is 8.98. The average molecular weight is 287 g/mol. The zero-order chi connectivity index (χ0) is 14.3. The van der Waals surface area contributed by atoms with Crippen LogP contribution in [0.25, 0.3) is 0 Å². The van der Waals surface area contributed by atoms with Gasteiger partial charge in [-0.05, 0) is 12.1 Å². The highest BCUT2D eigenvalue weighted by atomic mass is 32.2. The fourth-order valence-corrected chi connectivity index (χ4v) is 2.25. The molecule has 0 unspecified atom stereocenters. The predicted octanol–water partition coefficient (Wildman–Crippen LogP) is -0.964. The molecule has 0 bridgehead atoms. The highest BCUT2D eigenvalue weighted by molar-refractivity contribution is 7.89. The second kappa shape index (κ2) is 7.02. The lowest BCUT2D eigenvalue weighted by molar-refractivity contribution is 0.0951. The Kier molecular flexibility index (Phi) is 5.67. The zero-order valence-electron chi connectivity index (χ0n) is 10.5. The van der Waals surface area contributed by atoms with Crippen molar-refractivity contribution in [3.63, 3.8) is 0 Å². The van der Waals surface area contributed by atoms with E-state index < -0.39 is 15.9 Å². The Balaban J connectivity index is 2.47. The summed E-state index contributed by atoms with van der Waals surface area (Å²) in [4.78, 5) is 15.5. The number of carbonyl (C=O) groups excluding carboxylic acids is 1. The number of pyridine rings is 1. The Morgan fingerprint density at radius 1 is 1.42 bits per heavy atom. The van der Waals surface area contributed by atoms with E-state index in [2.05, 4.69) is 20.4 Å². The molecule has 1 amide bonds. The van der Waals surface area contributed by atoms with Crippen molar-refractivity contribution < 1.29 is 13.2 Å². The van der Waals surface area contributed by atoms with Gasteiger partial charge in [-0.2, -0.15) is 0 Å². The van der Waals surface area contributed by atoms with Crippen LogP contribution in [-0.4, -0.2) is 38.2 Å². The van der Waals surface area contributed by atoms with Crippen molar-refractivity contribution in [3.05, 3.63) is 24.0 Å². The minimum absolute atomic E-state index is 0.0206. The second-order valence-electron chi connectivity index (χ2n) is 3.65. The number of carbonyl (C=O) groups is 1. The van der Waals surface area contributed by atoms with E-state index in [1.165, 1.54) is 12.3 Å². The number of nitrogen functional groups attached to an aromatic ring is 1. The molecule has 0 aromatic carbocycles. The van der Waals surface area contributed by atoms with E-state index in [1.54, 1.807) is 13.0 Å². The normalized spacial score (nSPS) is 11.1. The number of nitrogens with two attached hydrogens (primary N) is 1. The van der Waals surface area contributed by atoms with Gasteiger partial charge in [0.05, 0.1) is 17.6 Å². The van der Waals surface area contributed by atoms with Crippen molar-refractivity contribution in [2.45, 2.75) is 6.92 Å². The predicted molar refractivity (Wildman–Crippen MR) is 71.8 cm³/mol. The van der Waals surface area contributed by atoms with Crippen LogP contribution in [0.4, 0.5) is 5.69 Å². The second-order valence-corrected chi connectivity index (χ2v) is 5.58. The molecule has 0 atom stereocenters. The lowest BCUT2D eigenvalue weighted by Gasteiger charge is -2.06. The highest BCUT2D eigenvalue weighted by Gasteiger charge is 2.11. The Bertz CT molecular complexity index is 514. The van der Waals surface area contributed by atoms with Crippen molar-refractivity contribution in [1.82, 2.24) is 15.0 Å². The first kappa shape index (κ1) is 15.3. The summed E-state index contributed by atoms with van der Waals surface area (Å²) in [6.45, 7) is 2.03.